The molecule has 41 heavy (non-hydrogen) atoms. The number of halogens is 2. The average Bonchev–Trinajstić information content (AvgIpc) is 2.93. The molecular weight excluding hydrogens is 528 g/mol. The third-order valence-corrected chi connectivity index (χ3v) is 7.42. The highest BCUT2D eigenvalue weighted by atomic mass is 19.1. The Morgan fingerprint density at radius 2 is 1.49 bits per heavy atom. The summed E-state index contributed by atoms with van der Waals surface area (Å²) in [5.41, 5.74) is 9.43. The number of amides is 2. The molecule has 0 saturated carbocycles. The summed E-state index contributed by atoms with van der Waals surface area (Å²) in [5.74, 6) is -1.21. The highest BCUT2D eigenvalue weighted by molar-refractivity contribution is 5.92. The monoisotopic (exact) mass is 567 g/mol. The fourth-order valence-corrected chi connectivity index (χ4v) is 5.22. The van der Waals surface area contributed by atoms with Crippen LogP contribution in [0.15, 0.2) is 72.8 Å². The minimum absolute atomic E-state index is 0. The summed E-state index contributed by atoms with van der Waals surface area (Å²) < 4.78 is 27.1. The van der Waals surface area contributed by atoms with E-state index in [2.05, 4.69) is 10.2 Å². The van der Waals surface area contributed by atoms with E-state index in [9.17, 15) is 18.4 Å². The number of benzene rings is 3. The summed E-state index contributed by atoms with van der Waals surface area (Å²) in [6.07, 6.45) is 1.49. The summed E-state index contributed by atoms with van der Waals surface area (Å²) in [5, 5.41) is 2.92. The number of nitrogens with two attached hydrogens (primary N) is 1. The van der Waals surface area contributed by atoms with Crippen molar-refractivity contribution >= 4 is 23.2 Å². The number of hydrogen-bond acceptors (Lipinski definition) is 5. The first-order chi connectivity index (χ1) is 19.2. The number of primary amides is 1. The number of hydrogen-bond donors (Lipinski definition) is 2. The number of rotatable bonds is 11. The molecule has 0 bridgehead atoms. The smallest absolute Gasteiger partial charge is 0.238 e. The number of carbonyl (C=O) groups is 2. The number of nitrogens with zero attached hydrogens (tertiary/aromatic N) is 3. The SMILES string of the molecule is CN(C)c1ccc(NC(=O)CN2CCN(CCCC(c3ccc(F)cc3)c3ccc(F)cc3)C(C(N)=O)C2)cc1.O. The Hall–Kier alpha value is -3.86. The zero-order chi connectivity index (χ0) is 28.6. The first-order valence-corrected chi connectivity index (χ1v) is 13.5. The minimum atomic E-state index is -0.504. The highest BCUT2D eigenvalue weighted by Gasteiger charge is 2.31. The largest absolute Gasteiger partial charge is 0.412 e. The maximum atomic E-state index is 13.5. The molecule has 1 aliphatic heterocycles. The van der Waals surface area contributed by atoms with Crippen LogP contribution >= 0.6 is 0 Å². The van der Waals surface area contributed by atoms with Crippen LogP contribution in [0.5, 0.6) is 0 Å². The van der Waals surface area contributed by atoms with Gasteiger partial charge in [0.2, 0.25) is 11.8 Å². The van der Waals surface area contributed by atoms with Crippen molar-refractivity contribution in [1.82, 2.24) is 9.80 Å². The average molecular weight is 568 g/mol. The van der Waals surface area contributed by atoms with E-state index in [0.717, 1.165) is 35.3 Å². The lowest BCUT2D eigenvalue weighted by Gasteiger charge is -2.39. The van der Waals surface area contributed by atoms with Gasteiger partial charge in [-0.1, -0.05) is 24.3 Å². The minimum Gasteiger partial charge on any atom is -0.412 e. The van der Waals surface area contributed by atoms with E-state index in [0.29, 0.717) is 26.2 Å². The van der Waals surface area contributed by atoms with Gasteiger partial charge in [0, 0.05) is 51.0 Å². The molecule has 1 fully saturated rings. The Morgan fingerprint density at radius 3 is 2.00 bits per heavy atom. The van der Waals surface area contributed by atoms with Crippen molar-refractivity contribution in [2.75, 3.05) is 57.0 Å². The number of carbonyl (C=O) groups excluding carboxylic acids is 2. The molecule has 0 aliphatic carbocycles. The van der Waals surface area contributed by atoms with E-state index < -0.39 is 11.9 Å². The van der Waals surface area contributed by atoms with E-state index in [4.69, 9.17) is 5.73 Å². The predicted molar refractivity (Wildman–Crippen MR) is 158 cm³/mol. The van der Waals surface area contributed by atoms with Gasteiger partial charge in [-0.3, -0.25) is 19.4 Å². The molecule has 10 heteroatoms. The van der Waals surface area contributed by atoms with E-state index >= 15 is 0 Å². The van der Waals surface area contributed by atoms with Gasteiger partial charge >= 0.3 is 0 Å². The van der Waals surface area contributed by atoms with Gasteiger partial charge in [-0.05, 0) is 79.0 Å². The van der Waals surface area contributed by atoms with Crippen LogP contribution in [0.4, 0.5) is 20.2 Å². The van der Waals surface area contributed by atoms with Gasteiger partial charge in [0.05, 0.1) is 6.54 Å². The second-order valence-corrected chi connectivity index (χ2v) is 10.5. The number of piperazine rings is 1. The normalized spacial score (nSPS) is 15.8. The van der Waals surface area contributed by atoms with Gasteiger partial charge in [-0.2, -0.15) is 0 Å². The standard InChI is InChI=1S/C31H37F2N5O2.H2O/c1-36(2)27-15-13-26(14-16-27)35-30(39)21-37-18-19-38(29(20-37)31(34)40)17-3-4-28(22-5-9-24(32)10-6-22)23-7-11-25(33)12-8-23;/h5-16,28-29H,3-4,17-21H2,1-2H3,(H2,34,40)(H,35,39);1H2. The van der Waals surface area contributed by atoms with Gasteiger partial charge in [-0.25, -0.2) is 8.78 Å². The lowest BCUT2D eigenvalue weighted by atomic mass is 9.87. The van der Waals surface area contributed by atoms with Crippen LogP contribution in [-0.2, 0) is 9.59 Å². The Bertz CT molecular complexity index is 1220. The fourth-order valence-electron chi connectivity index (χ4n) is 5.22. The number of anilines is 2. The molecule has 8 nitrogen and oxygen atoms in total. The number of nitrogens with one attached hydrogen (secondary N) is 1. The summed E-state index contributed by atoms with van der Waals surface area (Å²) in [7, 11) is 3.91. The third kappa shape index (κ3) is 8.81. The molecule has 0 radical (unpaired) electrons. The second kappa shape index (κ2) is 14.7. The molecule has 0 spiro atoms. The summed E-state index contributed by atoms with van der Waals surface area (Å²) in [6, 6.07) is 19.9. The van der Waals surface area contributed by atoms with Crippen LogP contribution in [0.1, 0.15) is 29.9 Å². The molecule has 1 atom stereocenters. The van der Waals surface area contributed by atoms with E-state index in [1.807, 2.05) is 48.2 Å². The molecule has 1 heterocycles. The second-order valence-electron chi connectivity index (χ2n) is 10.5. The zero-order valence-corrected chi connectivity index (χ0v) is 23.5. The molecule has 1 unspecified atom stereocenters. The van der Waals surface area contributed by atoms with Crippen molar-refractivity contribution in [3.05, 3.63) is 95.6 Å². The Balaban J connectivity index is 0.00000462. The molecule has 0 aromatic heterocycles. The first-order valence-electron chi connectivity index (χ1n) is 13.5. The van der Waals surface area contributed by atoms with Crippen LogP contribution in [-0.4, -0.2) is 80.0 Å². The van der Waals surface area contributed by atoms with Crippen LogP contribution in [0.2, 0.25) is 0 Å². The molecule has 3 aromatic rings. The Kier molecular flexibility index (Phi) is 11.3. The lowest BCUT2D eigenvalue weighted by Crippen LogP contribution is -2.59. The Morgan fingerprint density at radius 1 is 0.927 bits per heavy atom. The molecule has 3 aromatic carbocycles. The highest BCUT2D eigenvalue weighted by Crippen LogP contribution is 2.30. The summed E-state index contributed by atoms with van der Waals surface area (Å²) in [6.45, 7) is 2.43. The maximum Gasteiger partial charge on any atom is 0.238 e. The van der Waals surface area contributed by atoms with Gasteiger partial charge in [0.1, 0.15) is 17.7 Å². The van der Waals surface area contributed by atoms with E-state index in [1.165, 1.54) is 24.3 Å². The van der Waals surface area contributed by atoms with Crippen LogP contribution < -0.4 is 16.0 Å². The van der Waals surface area contributed by atoms with Crippen LogP contribution in [0.3, 0.4) is 0 Å². The van der Waals surface area contributed by atoms with E-state index in [1.54, 1.807) is 24.3 Å². The third-order valence-electron chi connectivity index (χ3n) is 7.42. The predicted octanol–water partition coefficient (Wildman–Crippen LogP) is 3.23. The first kappa shape index (κ1) is 31.7. The molecular formula is C31H39F2N5O3. The zero-order valence-electron chi connectivity index (χ0n) is 23.5. The van der Waals surface area contributed by atoms with Crippen molar-refractivity contribution < 1.29 is 23.8 Å². The van der Waals surface area contributed by atoms with Gasteiger partial charge in [0.25, 0.3) is 0 Å². The van der Waals surface area contributed by atoms with Crippen molar-refractivity contribution in [3.63, 3.8) is 0 Å². The van der Waals surface area contributed by atoms with Crippen molar-refractivity contribution in [2.24, 2.45) is 5.73 Å². The topological polar surface area (TPSA) is 113 Å². The van der Waals surface area contributed by atoms with E-state index in [-0.39, 0.29) is 35.5 Å². The lowest BCUT2D eigenvalue weighted by molar-refractivity contribution is -0.127. The fraction of sp³-hybridized carbons (Fsp3) is 0.355. The Labute approximate surface area is 240 Å². The van der Waals surface area contributed by atoms with Crippen LogP contribution in [0.25, 0.3) is 0 Å². The molecule has 4 rings (SSSR count). The summed E-state index contributed by atoms with van der Waals surface area (Å²) in [4.78, 5) is 31.0. The maximum absolute atomic E-state index is 13.5. The van der Waals surface area contributed by atoms with Crippen LogP contribution in [0, 0.1) is 11.6 Å². The van der Waals surface area contributed by atoms with Gasteiger partial charge in [0.15, 0.2) is 0 Å². The van der Waals surface area contributed by atoms with Crippen molar-refractivity contribution in [3.8, 4) is 0 Å². The summed E-state index contributed by atoms with van der Waals surface area (Å²) >= 11 is 0. The van der Waals surface area contributed by atoms with Gasteiger partial charge < -0.3 is 21.4 Å². The van der Waals surface area contributed by atoms with Crippen molar-refractivity contribution in [1.29, 1.82) is 0 Å². The van der Waals surface area contributed by atoms with Crippen molar-refractivity contribution in [2.45, 2.75) is 24.8 Å². The molecule has 1 aliphatic rings. The van der Waals surface area contributed by atoms with Gasteiger partial charge in [-0.15, -0.1) is 0 Å². The molecule has 220 valence electrons. The molecule has 2 amide bonds. The molecule has 1 saturated heterocycles. The molecule has 5 N–H and O–H groups in total. The quantitative estimate of drug-likeness (QED) is 0.370.